The van der Waals surface area contributed by atoms with Crippen molar-refractivity contribution in [2.75, 3.05) is 5.75 Å². The zero-order valence-electron chi connectivity index (χ0n) is 14.5. The summed E-state index contributed by atoms with van der Waals surface area (Å²) in [6.07, 6.45) is 2.70. The Bertz CT molecular complexity index is 769. The molecule has 0 spiro atoms. The van der Waals surface area contributed by atoms with Crippen LogP contribution in [0.15, 0.2) is 56.9 Å². The van der Waals surface area contributed by atoms with Gasteiger partial charge in [0, 0.05) is 9.92 Å². The molecule has 0 unspecified atom stereocenters. The summed E-state index contributed by atoms with van der Waals surface area (Å²) in [4.78, 5) is 12.8. The van der Waals surface area contributed by atoms with Crippen molar-refractivity contribution < 1.29 is 9.53 Å². The van der Waals surface area contributed by atoms with Crippen molar-refractivity contribution in [3.05, 3.63) is 57.5 Å². The van der Waals surface area contributed by atoms with Crippen molar-refractivity contribution in [1.29, 1.82) is 0 Å². The van der Waals surface area contributed by atoms with E-state index in [1.807, 2.05) is 37.3 Å². The fourth-order valence-corrected chi connectivity index (χ4v) is 3.19. The van der Waals surface area contributed by atoms with Gasteiger partial charge in [-0.1, -0.05) is 18.5 Å². The third-order valence-electron chi connectivity index (χ3n) is 3.45. The predicted octanol–water partition coefficient (Wildman–Crippen LogP) is 5.52. The van der Waals surface area contributed by atoms with E-state index in [4.69, 9.17) is 16.3 Å². The molecule has 2 rings (SSSR count). The van der Waals surface area contributed by atoms with Crippen LogP contribution in [0.5, 0.6) is 5.75 Å². The van der Waals surface area contributed by atoms with Gasteiger partial charge in [-0.3, -0.25) is 4.79 Å². The van der Waals surface area contributed by atoms with Crippen molar-refractivity contribution in [3.8, 4) is 5.75 Å². The number of halogens is 2. The topological polar surface area (TPSA) is 50.7 Å². The molecule has 2 aromatic rings. The highest BCUT2D eigenvalue weighted by Gasteiger charge is 2.06. The van der Waals surface area contributed by atoms with Gasteiger partial charge in [0.05, 0.1) is 22.5 Å². The first kappa shape index (κ1) is 20.8. The van der Waals surface area contributed by atoms with Crippen LogP contribution in [0.3, 0.4) is 0 Å². The van der Waals surface area contributed by atoms with Gasteiger partial charge >= 0.3 is 0 Å². The van der Waals surface area contributed by atoms with Crippen LogP contribution in [0.25, 0.3) is 0 Å². The maximum Gasteiger partial charge on any atom is 0.250 e. The SMILES string of the molecule is CC[C@H](C)Oc1ccc(/C=N\NC(=O)CSc2ccc(Cl)cc2)cc1Br. The lowest BCUT2D eigenvalue weighted by Crippen LogP contribution is -2.19. The molecule has 1 atom stereocenters. The van der Waals surface area contributed by atoms with Crippen LogP contribution in [-0.4, -0.2) is 24.0 Å². The minimum atomic E-state index is -0.169. The van der Waals surface area contributed by atoms with E-state index >= 15 is 0 Å². The molecule has 0 aliphatic heterocycles. The second-order valence-electron chi connectivity index (χ2n) is 5.56. The molecule has 1 N–H and O–H groups in total. The molecule has 26 heavy (non-hydrogen) atoms. The number of nitrogens with zero attached hydrogens (tertiary/aromatic N) is 1. The molecule has 138 valence electrons. The average Bonchev–Trinajstić information content (AvgIpc) is 2.63. The van der Waals surface area contributed by atoms with E-state index in [-0.39, 0.29) is 17.8 Å². The Balaban J connectivity index is 1.82. The summed E-state index contributed by atoms with van der Waals surface area (Å²) in [7, 11) is 0. The number of carbonyl (C=O) groups is 1. The first-order valence-corrected chi connectivity index (χ1v) is 10.3. The van der Waals surface area contributed by atoms with E-state index in [0.29, 0.717) is 5.02 Å². The van der Waals surface area contributed by atoms with Gasteiger partial charge in [0.1, 0.15) is 5.75 Å². The smallest absolute Gasteiger partial charge is 0.250 e. The van der Waals surface area contributed by atoms with Gasteiger partial charge in [0.15, 0.2) is 0 Å². The monoisotopic (exact) mass is 454 g/mol. The Kier molecular flexibility index (Phi) is 8.48. The predicted molar refractivity (Wildman–Crippen MR) is 112 cm³/mol. The van der Waals surface area contributed by atoms with Crippen LogP contribution in [-0.2, 0) is 4.79 Å². The number of amides is 1. The fraction of sp³-hybridized carbons (Fsp3) is 0.263. The molecule has 7 heteroatoms. The van der Waals surface area contributed by atoms with Crippen LogP contribution in [0.1, 0.15) is 25.8 Å². The fourth-order valence-electron chi connectivity index (χ4n) is 1.88. The van der Waals surface area contributed by atoms with E-state index in [2.05, 4.69) is 33.4 Å². The minimum absolute atomic E-state index is 0.156. The number of hydrogen-bond donors (Lipinski definition) is 1. The average molecular weight is 456 g/mol. The molecule has 0 saturated carbocycles. The number of ether oxygens (including phenoxy) is 1. The molecular formula is C19H20BrClN2O2S. The largest absolute Gasteiger partial charge is 0.490 e. The normalized spacial score (nSPS) is 12.2. The molecule has 1 amide bonds. The second kappa shape index (κ2) is 10.6. The van der Waals surface area contributed by atoms with Crippen LogP contribution >= 0.6 is 39.3 Å². The maximum absolute atomic E-state index is 11.8. The molecule has 0 bridgehead atoms. The van der Waals surface area contributed by atoms with Crippen molar-refractivity contribution in [3.63, 3.8) is 0 Å². The third-order valence-corrected chi connectivity index (χ3v) is 5.33. The Morgan fingerprint density at radius 3 is 2.73 bits per heavy atom. The second-order valence-corrected chi connectivity index (χ2v) is 7.90. The van der Waals surface area contributed by atoms with Crippen LogP contribution in [0.4, 0.5) is 0 Å². The zero-order chi connectivity index (χ0) is 18.9. The Labute approximate surface area is 171 Å². The standard InChI is InChI=1S/C19H20BrClN2O2S/c1-3-13(2)25-18-9-4-14(10-17(18)20)11-22-23-19(24)12-26-16-7-5-15(21)6-8-16/h4-11,13H,3,12H2,1-2H3,(H,23,24)/b22-11-/t13-/m0/s1. The lowest BCUT2D eigenvalue weighted by Gasteiger charge is -2.14. The summed E-state index contributed by atoms with van der Waals surface area (Å²) in [5.41, 5.74) is 3.39. The van der Waals surface area contributed by atoms with E-state index in [1.54, 1.807) is 18.3 Å². The summed E-state index contributed by atoms with van der Waals surface area (Å²) in [6.45, 7) is 4.10. The van der Waals surface area contributed by atoms with E-state index in [1.165, 1.54) is 11.8 Å². The number of carbonyl (C=O) groups excluding carboxylic acids is 1. The lowest BCUT2D eigenvalue weighted by atomic mass is 10.2. The highest BCUT2D eigenvalue weighted by atomic mass is 79.9. The molecule has 0 aromatic heterocycles. The van der Waals surface area contributed by atoms with Gasteiger partial charge < -0.3 is 4.74 Å². The van der Waals surface area contributed by atoms with E-state index < -0.39 is 0 Å². The van der Waals surface area contributed by atoms with E-state index in [0.717, 1.165) is 27.1 Å². The van der Waals surface area contributed by atoms with Crippen LogP contribution in [0.2, 0.25) is 5.02 Å². The first-order valence-electron chi connectivity index (χ1n) is 8.14. The van der Waals surface area contributed by atoms with Crippen molar-refractivity contribution >= 4 is 51.4 Å². The molecule has 0 fully saturated rings. The molecule has 0 radical (unpaired) electrons. The molecular weight excluding hydrogens is 436 g/mol. The first-order chi connectivity index (χ1) is 12.5. The van der Waals surface area contributed by atoms with Gasteiger partial charge in [-0.15, -0.1) is 11.8 Å². The number of benzene rings is 2. The van der Waals surface area contributed by atoms with Gasteiger partial charge in [-0.05, 0) is 77.3 Å². The summed E-state index contributed by atoms with van der Waals surface area (Å²) in [6, 6.07) is 13.0. The molecule has 4 nitrogen and oxygen atoms in total. The number of hydrogen-bond acceptors (Lipinski definition) is 4. The molecule has 0 saturated heterocycles. The van der Waals surface area contributed by atoms with Gasteiger partial charge in [0.2, 0.25) is 5.91 Å². The van der Waals surface area contributed by atoms with Crippen LogP contribution in [0, 0.1) is 0 Å². The molecule has 0 aliphatic carbocycles. The summed E-state index contributed by atoms with van der Waals surface area (Å²) in [5.74, 6) is 0.904. The molecule has 0 heterocycles. The van der Waals surface area contributed by atoms with Gasteiger partial charge in [-0.2, -0.15) is 5.10 Å². The van der Waals surface area contributed by atoms with Crippen molar-refractivity contribution in [2.24, 2.45) is 5.10 Å². The van der Waals surface area contributed by atoms with Crippen molar-refractivity contribution in [2.45, 2.75) is 31.3 Å². The van der Waals surface area contributed by atoms with Crippen LogP contribution < -0.4 is 10.2 Å². The summed E-state index contributed by atoms with van der Waals surface area (Å²) >= 11 is 10.8. The number of thioether (sulfide) groups is 1. The van der Waals surface area contributed by atoms with Crippen molar-refractivity contribution in [1.82, 2.24) is 5.43 Å². The molecule has 2 aromatic carbocycles. The Hall–Kier alpha value is -1.50. The lowest BCUT2D eigenvalue weighted by molar-refractivity contribution is -0.118. The minimum Gasteiger partial charge on any atom is -0.490 e. The van der Waals surface area contributed by atoms with Gasteiger partial charge in [0.25, 0.3) is 0 Å². The van der Waals surface area contributed by atoms with E-state index in [9.17, 15) is 4.79 Å². The highest BCUT2D eigenvalue weighted by Crippen LogP contribution is 2.27. The number of nitrogens with one attached hydrogen (secondary N) is 1. The Morgan fingerprint density at radius 1 is 1.35 bits per heavy atom. The van der Waals surface area contributed by atoms with Gasteiger partial charge in [-0.25, -0.2) is 5.43 Å². The number of rotatable bonds is 8. The molecule has 0 aliphatic rings. The summed E-state index contributed by atoms with van der Waals surface area (Å²) in [5, 5.41) is 4.67. The summed E-state index contributed by atoms with van der Waals surface area (Å²) < 4.78 is 6.65. The highest BCUT2D eigenvalue weighted by molar-refractivity contribution is 9.10. The number of hydrazone groups is 1. The quantitative estimate of drug-likeness (QED) is 0.324. The third kappa shape index (κ3) is 7.02. The maximum atomic E-state index is 11.8. The zero-order valence-corrected chi connectivity index (χ0v) is 17.7. The Morgan fingerprint density at radius 2 is 2.08 bits per heavy atom.